The minimum atomic E-state index is -0.656. The molecule has 3 aromatic heterocycles. The maximum atomic E-state index is 14.9. The number of halogens is 2. The number of nitrogens with zero attached hydrogens (tertiary/aromatic N) is 5. The summed E-state index contributed by atoms with van der Waals surface area (Å²) in [5.74, 6) is -0.156. The van der Waals surface area contributed by atoms with E-state index in [9.17, 15) is 8.78 Å². The molecule has 4 N–H and O–H groups in total. The number of hydrogen-bond donors (Lipinski definition) is 4. The third-order valence-corrected chi connectivity index (χ3v) is 5.46. The molecule has 198 valence electrons. The van der Waals surface area contributed by atoms with Gasteiger partial charge in [-0.25, -0.2) is 23.7 Å². The average Bonchev–Trinajstić information content (AvgIpc) is 3.66. The van der Waals surface area contributed by atoms with E-state index in [2.05, 4.69) is 47.5 Å². The monoisotopic (exact) mass is 521 g/mol. The van der Waals surface area contributed by atoms with Crippen molar-refractivity contribution in [1.82, 2.24) is 30.0 Å². The number of allylic oxidation sites excluding steroid dienone is 1. The lowest BCUT2D eigenvalue weighted by molar-refractivity contribution is 0.313. The lowest BCUT2D eigenvalue weighted by Crippen LogP contribution is -2.25. The second-order valence-electron chi connectivity index (χ2n) is 8.33. The van der Waals surface area contributed by atoms with E-state index in [0.717, 1.165) is 24.7 Å². The zero-order chi connectivity index (χ0) is 26.9. The van der Waals surface area contributed by atoms with Gasteiger partial charge in [0.1, 0.15) is 11.7 Å². The zero-order valence-corrected chi connectivity index (χ0v) is 21.1. The molecule has 38 heavy (non-hydrogen) atoms. The molecule has 12 heteroatoms. The Morgan fingerprint density at radius 2 is 2.16 bits per heavy atom. The van der Waals surface area contributed by atoms with Crippen molar-refractivity contribution in [3.63, 3.8) is 0 Å². The maximum Gasteiger partial charge on any atom is 0.181 e. The van der Waals surface area contributed by atoms with Crippen LogP contribution in [0, 0.1) is 18.6 Å². The number of aliphatic imine (C=N–C) groups is 2. The van der Waals surface area contributed by atoms with Crippen LogP contribution in [-0.4, -0.2) is 50.6 Å². The van der Waals surface area contributed by atoms with Crippen molar-refractivity contribution in [2.45, 2.75) is 26.8 Å². The molecule has 0 bridgehead atoms. The van der Waals surface area contributed by atoms with Crippen LogP contribution in [0.15, 0.2) is 64.9 Å². The fourth-order valence-electron chi connectivity index (χ4n) is 3.71. The summed E-state index contributed by atoms with van der Waals surface area (Å²) in [6.07, 6.45) is 11.5. The predicted molar refractivity (Wildman–Crippen MR) is 145 cm³/mol. The number of nitrogens with one attached hydrogen (secondary N) is 4. The smallest absolute Gasteiger partial charge is 0.181 e. The topological polar surface area (TPSA) is 120 Å². The first kappa shape index (κ1) is 26.3. The molecule has 4 rings (SSSR count). The summed E-state index contributed by atoms with van der Waals surface area (Å²) < 4.78 is 36.8. The van der Waals surface area contributed by atoms with Crippen LogP contribution >= 0.6 is 0 Å². The molecule has 0 fully saturated rings. The number of H-pyrrole nitrogens is 2. The first-order valence-corrected chi connectivity index (χ1v) is 11.9. The lowest BCUT2D eigenvalue weighted by atomic mass is 10.2. The van der Waals surface area contributed by atoms with Crippen LogP contribution in [0.2, 0.25) is 0 Å². The SMILES string of the molecule is C=N/C(=C\C(=N/COc1cc(F)c2[nH]c(C)cc2c1F)NCCCn1ccnc1)Nc1cc(/C=C/C)[nH]n1. The van der Waals surface area contributed by atoms with Crippen LogP contribution in [0.3, 0.4) is 0 Å². The molecule has 0 atom stereocenters. The molecule has 3 heterocycles. The number of imidazole rings is 1. The minimum absolute atomic E-state index is 0.0998. The highest BCUT2D eigenvalue weighted by molar-refractivity contribution is 5.94. The fourth-order valence-corrected chi connectivity index (χ4v) is 3.71. The number of anilines is 1. The summed E-state index contributed by atoms with van der Waals surface area (Å²) >= 11 is 0. The van der Waals surface area contributed by atoms with Gasteiger partial charge in [0.25, 0.3) is 0 Å². The molecule has 1 aromatic carbocycles. The molecule has 0 saturated carbocycles. The van der Waals surface area contributed by atoms with E-state index in [1.807, 2.05) is 35.9 Å². The summed E-state index contributed by atoms with van der Waals surface area (Å²) in [7, 11) is 0. The van der Waals surface area contributed by atoms with E-state index < -0.39 is 11.6 Å². The molecule has 0 spiro atoms. The van der Waals surface area contributed by atoms with Crippen LogP contribution < -0.4 is 15.4 Å². The van der Waals surface area contributed by atoms with Crippen molar-refractivity contribution in [3.05, 3.63) is 77.9 Å². The third kappa shape index (κ3) is 6.72. The standard InChI is InChI=1S/C26H29F2N9O/c1-4-6-18-12-24(36-35-18)34-22(29-3)14-23(31-7-5-9-37-10-8-30-15-37)32-16-38-21-13-20(27)26-19(25(21)28)11-17(2)33-26/h4,6,8,10-15,33H,3,5,7,9,16H2,1-2H3,(H,31,32)(H2,34,35,36)/b6-4+,22-14+. The van der Waals surface area contributed by atoms with Crippen molar-refractivity contribution in [2.24, 2.45) is 9.98 Å². The summed E-state index contributed by atoms with van der Waals surface area (Å²) in [6.45, 7) is 8.32. The Morgan fingerprint density at radius 1 is 1.29 bits per heavy atom. The van der Waals surface area contributed by atoms with Crippen molar-refractivity contribution in [3.8, 4) is 5.75 Å². The number of amidine groups is 1. The first-order chi connectivity index (χ1) is 18.5. The molecule has 4 aromatic rings. The number of hydrogen-bond acceptors (Lipinski definition) is 6. The van der Waals surface area contributed by atoms with Crippen LogP contribution in [0.25, 0.3) is 17.0 Å². The second kappa shape index (κ2) is 12.5. The van der Waals surface area contributed by atoms with E-state index in [1.54, 1.807) is 25.5 Å². The number of aromatic nitrogens is 5. The van der Waals surface area contributed by atoms with Gasteiger partial charge < -0.3 is 24.9 Å². The maximum absolute atomic E-state index is 14.9. The van der Waals surface area contributed by atoms with Gasteiger partial charge in [0, 0.05) is 54.8 Å². The van der Waals surface area contributed by atoms with Gasteiger partial charge in [-0.1, -0.05) is 6.08 Å². The van der Waals surface area contributed by atoms with Gasteiger partial charge in [-0.05, 0) is 39.1 Å². The second-order valence-corrected chi connectivity index (χ2v) is 8.33. The fraction of sp³-hybridized carbons (Fsp3) is 0.231. The zero-order valence-electron chi connectivity index (χ0n) is 21.1. The highest BCUT2D eigenvalue weighted by Gasteiger charge is 2.15. The minimum Gasteiger partial charge on any atom is -0.468 e. The molecule has 0 saturated heterocycles. The molecule has 0 radical (unpaired) electrons. The lowest BCUT2D eigenvalue weighted by Gasteiger charge is -2.11. The van der Waals surface area contributed by atoms with Crippen molar-refractivity contribution in [2.75, 3.05) is 18.6 Å². The van der Waals surface area contributed by atoms with Gasteiger partial charge >= 0.3 is 0 Å². The number of rotatable bonds is 12. The van der Waals surface area contributed by atoms with Crippen molar-refractivity contribution in [1.29, 1.82) is 0 Å². The van der Waals surface area contributed by atoms with Gasteiger partial charge in [0.2, 0.25) is 0 Å². The van der Waals surface area contributed by atoms with Gasteiger partial charge in [-0.2, -0.15) is 5.10 Å². The summed E-state index contributed by atoms with van der Waals surface area (Å²) in [5, 5.41) is 13.5. The number of aromatic amines is 2. The van der Waals surface area contributed by atoms with Gasteiger partial charge in [0.15, 0.2) is 29.9 Å². The highest BCUT2D eigenvalue weighted by Crippen LogP contribution is 2.29. The molecule has 0 unspecified atom stereocenters. The number of benzene rings is 1. The predicted octanol–water partition coefficient (Wildman–Crippen LogP) is 4.78. The summed E-state index contributed by atoms with van der Waals surface area (Å²) in [6, 6.07) is 4.35. The van der Waals surface area contributed by atoms with Crippen LogP contribution in [-0.2, 0) is 6.54 Å². The number of ether oxygens (including phenoxy) is 1. The Morgan fingerprint density at radius 3 is 2.92 bits per heavy atom. The third-order valence-electron chi connectivity index (χ3n) is 5.46. The van der Waals surface area contributed by atoms with E-state index in [4.69, 9.17) is 4.74 Å². The van der Waals surface area contributed by atoms with Crippen LogP contribution in [0.1, 0.15) is 24.7 Å². The average molecular weight is 522 g/mol. The Labute approximate surface area is 218 Å². The molecule has 0 aliphatic carbocycles. The van der Waals surface area contributed by atoms with E-state index in [1.165, 1.54) is 6.07 Å². The number of aryl methyl sites for hydroxylation is 2. The molecule has 0 aliphatic heterocycles. The normalized spacial score (nSPS) is 12.4. The Hall–Kier alpha value is -4.74. The summed E-state index contributed by atoms with van der Waals surface area (Å²) in [4.78, 5) is 15.3. The molecular weight excluding hydrogens is 492 g/mol. The largest absolute Gasteiger partial charge is 0.468 e. The molecule has 10 nitrogen and oxygen atoms in total. The van der Waals surface area contributed by atoms with E-state index >= 15 is 0 Å². The Kier molecular flexibility index (Phi) is 8.65. The Balaban J connectivity index is 1.49. The quantitative estimate of drug-likeness (QED) is 0.122. The van der Waals surface area contributed by atoms with E-state index in [-0.39, 0.29) is 23.4 Å². The van der Waals surface area contributed by atoms with Crippen molar-refractivity contribution < 1.29 is 13.5 Å². The molecular formula is C26H29F2N9O. The summed E-state index contributed by atoms with van der Waals surface area (Å²) in [5.41, 5.74) is 1.57. The van der Waals surface area contributed by atoms with Crippen LogP contribution in [0.5, 0.6) is 5.75 Å². The molecule has 0 amide bonds. The van der Waals surface area contributed by atoms with Crippen LogP contribution in [0.4, 0.5) is 14.6 Å². The van der Waals surface area contributed by atoms with Gasteiger partial charge in [-0.15, -0.1) is 0 Å². The molecule has 0 aliphatic rings. The Bertz CT molecular complexity index is 1470. The first-order valence-electron chi connectivity index (χ1n) is 11.9. The van der Waals surface area contributed by atoms with Gasteiger partial charge in [-0.3, -0.25) is 5.10 Å². The number of fused-ring (bicyclic) bond motifs is 1. The highest BCUT2D eigenvalue weighted by atomic mass is 19.1. The van der Waals surface area contributed by atoms with Gasteiger partial charge in [0.05, 0.1) is 17.5 Å². The van der Waals surface area contributed by atoms with E-state index in [0.29, 0.717) is 29.7 Å². The van der Waals surface area contributed by atoms with Crippen molar-refractivity contribution >= 4 is 35.3 Å².